The number of H-pyrrole nitrogens is 1. The Morgan fingerprint density at radius 2 is 2.00 bits per heavy atom. The molecule has 0 radical (unpaired) electrons. The van der Waals surface area contributed by atoms with Crippen molar-refractivity contribution in [3.8, 4) is 0 Å². The van der Waals surface area contributed by atoms with Crippen molar-refractivity contribution in [3.05, 3.63) is 35.5 Å². The highest BCUT2D eigenvalue weighted by Crippen LogP contribution is 2.36. The van der Waals surface area contributed by atoms with Crippen LogP contribution in [0.25, 0.3) is 10.9 Å². The number of rotatable bonds is 3. The number of para-hydroxylation sites is 1. The number of hydrogen-bond acceptors (Lipinski definition) is 2. The zero-order valence-electron chi connectivity index (χ0n) is 11.4. The van der Waals surface area contributed by atoms with E-state index in [1.165, 1.54) is 22.2 Å². The summed E-state index contributed by atoms with van der Waals surface area (Å²) in [5.74, 6) is 0.849. The van der Waals surface area contributed by atoms with E-state index in [2.05, 4.69) is 41.5 Å². The second-order valence-corrected chi connectivity index (χ2v) is 5.59. The molecule has 1 fully saturated rings. The summed E-state index contributed by atoms with van der Waals surface area (Å²) in [4.78, 5) is 3.45. The molecule has 1 unspecified atom stereocenters. The molecule has 19 heavy (non-hydrogen) atoms. The lowest BCUT2D eigenvalue weighted by molar-refractivity contribution is 0.201. The van der Waals surface area contributed by atoms with Crippen molar-refractivity contribution in [3.63, 3.8) is 0 Å². The van der Waals surface area contributed by atoms with Crippen molar-refractivity contribution >= 4 is 10.9 Å². The molecule has 1 aliphatic rings. The number of fused-ring (bicyclic) bond motifs is 1. The quantitative estimate of drug-likeness (QED) is 0.792. The second kappa shape index (κ2) is 5.35. The monoisotopic (exact) mass is 258 g/mol. The summed E-state index contributed by atoms with van der Waals surface area (Å²) in [5, 5.41) is 14.6. The molecule has 2 aromatic rings. The predicted octanol–water partition coefficient (Wildman–Crippen LogP) is 2.55. The van der Waals surface area contributed by atoms with Crippen molar-refractivity contribution in [2.24, 2.45) is 5.92 Å². The Labute approximate surface area is 114 Å². The number of aromatic nitrogens is 1. The molecule has 3 heteroatoms. The van der Waals surface area contributed by atoms with E-state index in [4.69, 9.17) is 0 Å². The Bertz CT molecular complexity index is 555. The maximum absolute atomic E-state index is 9.90. The molecule has 1 saturated heterocycles. The van der Waals surface area contributed by atoms with E-state index in [0.717, 1.165) is 25.9 Å². The molecule has 0 bridgehead atoms. The van der Waals surface area contributed by atoms with Crippen LogP contribution >= 0.6 is 0 Å². The molecule has 1 aromatic heterocycles. The van der Waals surface area contributed by atoms with E-state index in [0.29, 0.717) is 5.92 Å². The number of aliphatic hydroxyl groups excluding tert-OH is 1. The number of aryl methyl sites for hydroxylation is 1. The summed E-state index contributed by atoms with van der Waals surface area (Å²) in [7, 11) is 0. The Morgan fingerprint density at radius 3 is 2.74 bits per heavy atom. The van der Waals surface area contributed by atoms with Crippen LogP contribution in [0.4, 0.5) is 0 Å². The third-order valence-electron chi connectivity index (χ3n) is 4.46. The molecule has 3 N–H and O–H groups in total. The van der Waals surface area contributed by atoms with Gasteiger partial charge in [-0.25, -0.2) is 0 Å². The normalized spacial score (nSPS) is 18.8. The molecule has 1 atom stereocenters. The van der Waals surface area contributed by atoms with Crippen LogP contribution in [0.5, 0.6) is 0 Å². The van der Waals surface area contributed by atoms with Gasteiger partial charge in [-0.15, -0.1) is 0 Å². The van der Waals surface area contributed by atoms with Crippen LogP contribution in [0.15, 0.2) is 24.3 Å². The van der Waals surface area contributed by atoms with E-state index in [1.807, 2.05) is 0 Å². The number of aliphatic hydroxyl groups is 1. The van der Waals surface area contributed by atoms with Gasteiger partial charge >= 0.3 is 0 Å². The standard InChI is InChI=1S/C16H22N2O/c1-11-16(13-4-2-3-5-15(13)18-11)14(10-19)12-6-8-17-9-7-12/h2-5,12,14,17-19H,6-10H2,1H3. The fourth-order valence-electron chi connectivity index (χ4n) is 3.50. The lowest BCUT2D eigenvalue weighted by Crippen LogP contribution is -2.32. The van der Waals surface area contributed by atoms with Gasteiger partial charge in [-0.1, -0.05) is 18.2 Å². The first-order chi connectivity index (χ1) is 9.31. The van der Waals surface area contributed by atoms with E-state index in [-0.39, 0.29) is 12.5 Å². The van der Waals surface area contributed by atoms with Crippen molar-refractivity contribution in [2.75, 3.05) is 19.7 Å². The van der Waals surface area contributed by atoms with E-state index >= 15 is 0 Å². The fourth-order valence-corrected chi connectivity index (χ4v) is 3.50. The van der Waals surface area contributed by atoms with E-state index in [1.54, 1.807) is 0 Å². The van der Waals surface area contributed by atoms with Gasteiger partial charge in [-0.05, 0) is 50.4 Å². The number of aromatic amines is 1. The van der Waals surface area contributed by atoms with Crippen LogP contribution < -0.4 is 5.32 Å². The maximum atomic E-state index is 9.90. The summed E-state index contributed by atoms with van der Waals surface area (Å²) in [5.41, 5.74) is 3.71. The summed E-state index contributed by atoms with van der Waals surface area (Å²) in [6.07, 6.45) is 2.31. The van der Waals surface area contributed by atoms with Crippen LogP contribution in [-0.4, -0.2) is 29.8 Å². The Hall–Kier alpha value is -1.32. The fraction of sp³-hybridized carbons (Fsp3) is 0.500. The Morgan fingerprint density at radius 1 is 1.26 bits per heavy atom. The highest BCUT2D eigenvalue weighted by atomic mass is 16.3. The van der Waals surface area contributed by atoms with Gasteiger partial charge in [0.1, 0.15) is 0 Å². The van der Waals surface area contributed by atoms with Crippen LogP contribution in [0.3, 0.4) is 0 Å². The number of nitrogens with one attached hydrogen (secondary N) is 2. The number of benzene rings is 1. The molecule has 3 rings (SSSR count). The van der Waals surface area contributed by atoms with Gasteiger partial charge in [0.15, 0.2) is 0 Å². The van der Waals surface area contributed by atoms with Gasteiger partial charge in [0.2, 0.25) is 0 Å². The minimum Gasteiger partial charge on any atom is -0.396 e. The Balaban J connectivity index is 2.02. The third kappa shape index (κ3) is 2.28. The molecule has 2 heterocycles. The van der Waals surface area contributed by atoms with Gasteiger partial charge in [-0.3, -0.25) is 0 Å². The maximum Gasteiger partial charge on any atom is 0.0503 e. The second-order valence-electron chi connectivity index (χ2n) is 5.59. The number of hydrogen-bond donors (Lipinski definition) is 3. The molecule has 0 amide bonds. The molecule has 1 aliphatic heterocycles. The minimum atomic E-state index is 0.243. The molecule has 0 saturated carbocycles. The lowest BCUT2D eigenvalue weighted by Gasteiger charge is -2.30. The average Bonchev–Trinajstić information content (AvgIpc) is 2.78. The first-order valence-corrected chi connectivity index (χ1v) is 7.20. The highest BCUT2D eigenvalue weighted by Gasteiger charge is 2.27. The zero-order chi connectivity index (χ0) is 13.2. The molecule has 3 nitrogen and oxygen atoms in total. The van der Waals surface area contributed by atoms with Crippen molar-refractivity contribution in [2.45, 2.75) is 25.7 Å². The van der Waals surface area contributed by atoms with Crippen molar-refractivity contribution in [1.82, 2.24) is 10.3 Å². The smallest absolute Gasteiger partial charge is 0.0503 e. The first-order valence-electron chi connectivity index (χ1n) is 7.20. The lowest BCUT2D eigenvalue weighted by atomic mass is 9.80. The summed E-state index contributed by atoms with van der Waals surface area (Å²) in [6.45, 7) is 4.51. The van der Waals surface area contributed by atoms with E-state index in [9.17, 15) is 5.11 Å². The van der Waals surface area contributed by atoms with Crippen LogP contribution in [-0.2, 0) is 0 Å². The summed E-state index contributed by atoms with van der Waals surface area (Å²) < 4.78 is 0. The van der Waals surface area contributed by atoms with Gasteiger partial charge in [0, 0.05) is 22.5 Å². The largest absolute Gasteiger partial charge is 0.396 e. The van der Waals surface area contributed by atoms with Gasteiger partial charge < -0.3 is 15.4 Å². The first kappa shape index (κ1) is 12.7. The van der Waals surface area contributed by atoms with Gasteiger partial charge in [0.05, 0.1) is 6.61 Å². The molecule has 1 aromatic carbocycles. The predicted molar refractivity (Wildman–Crippen MR) is 78.5 cm³/mol. The summed E-state index contributed by atoms with van der Waals surface area (Å²) >= 11 is 0. The summed E-state index contributed by atoms with van der Waals surface area (Å²) in [6, 6.07) is 8.41. The molecule has 0 spiro atoms. The van der Waals surface area contributed by atoms with Gasteiger partial charge in [-0.2, -0.15) is 0 Å². The average molecular weight is 258 g/mol. The highest BCUT2D eigenvalue weighted by molar-refractivity contribution is 5.85. The van der Waals surface area contributed by atoms with Crippen molar-refractivity contribution < 1.29 is 5.11 Å². The molecule has 0 aliphatic carbocycles. The third-order valence-corrected chi connectivity index (χ3v) is 4.46. The minimum absolute atomic E-state index is 0.243. The van der Waals surface area contributed by atoms with Gasteiger partial charge in [0.25, 0.3) is 0 Å². The molecule has 102 valence electrons. The van der Waals surface area contributed by atoms with Crippen molar-refractivity contribution in [1.29, 1.82) is 0 Å². The molecular formula is C16H22N2O. The van der Waals surface area contributed by atoms with E-state index < -0.39 is 0 Å². The molecular weight excluding hydrogens is 236 g/mol. The SMILES string of the molecule is Cc1[nH]c2ccccc2c1C(CO)C1CCNCC1. The topological polar surface area (TPSA) is 48.0 Å². The van der Waals surface area contributed by atoms with Crippen LogP contribution in [0, 0.1) is 12.8 Å². The number of piperidine rings is 1. The zero-order valence-corrected chi connectivity index (χ0v) is 11.4. The van der Waals surface area contributed by atoms with Crippen LogP contribution in [0.2, 0.25) is 0 Å². The van der Waals surface area contributed by atoms with Crippen LogP contribution in [0.1, 0.15) is 30.0 Å². The Kier molecular flexibility index (Phi) is 3.58.